The number of aromatic nitrogens is 1. The lowest BCUT2D eigenvalue weighted by Gasteiger charge is -2.08. The number of nitrogens with zero attached hydrogens (tertiary/aromatic N) is 1. The van der Waals surface area contributed by atoms with Gasteiger partial charge in [0.25, 0.3) is 0 Å². The second-order valence-corrected chi connectivity index (χ2v) is 8.65. The van der Waals surface area contributed by atoms with Crippen LogP contribution in [0.5, 0.6) is 5.75 Å². The van der Waals surface area contributed by atoms with Crippen molar-refractivity contribution in [3.63, 3.8) is 0 Å². The molecule has 0 aliphatic rings. The molecule has 1 heterocycles. The fourth-order valence-corrected chi connectivity index (χ4v) is 4.39. The van der Waals surface area contributed by atoms with Crippen LogP contribution in [0.3, 0.4) is 0 Å². The molecule has 3 rings (SSSR count). The Bertz CT molecular complexity index is 1010. The van der Waals surface area contributed by atoms with Crippen molar-refractivity contribution in [2.24, 2.45) is 5.84 Å². The van der Waals surface area contributed by atoms with E-state index in [2.05, 4.69) is 15.1 Å². The molecule has 0 unspecified atom stereocenters. The number of nitrogen functional groups attached to an aromatic ring is 1. The number of anilines is 1. The van der Waals surface area contributed by atoms with E-state index in [-0.39, 0.29) is 11.4 Å². The van der Waals surface area contributed by atoms with Gasteiger partial charge in [0.2, 0.25) is 10.0 Å². The summed E-state index contributed by atoms with van der Waals surface area (Å²) in [5, 5.41) is 0.505. The minimum absolute atomic E-state index is 0.108. The molecule has 1 aromatic heterocycles. The van der Waals surface area contributed by atoms with E-state index in [0.717, 1.165) is 21.8 Å². The average molecular weight is 405 g/mol. The van der Waals surface area contributed by atoms with Crippen LogP contribution in [0, 0.1) is 6.92 Å². The van der Waals surface area contributed by atoms with Crippen molar-refractivity contribution in [2.45, 2.75) is 18.4 Å². The molecule has 7 nitrogen and oxygen atoms in total. The van der Waals surface area contributed by atoms with Crippen LogP contribution >= 0.6 is 11.3 Å². The van der Waals surface area contributed by atoms with E-state index in [9.17, 15) is 8.42 Å². The lowest BCUT2D eigenvalue weighted by Crippen LogP contribution is -2.23. The average Bonchev–Trinajstić information content (AvgIpc) is 3.10. The van der Waals surface area contributed by atoms with E-state index in [0.29, 0.717) is 10.8 Å². The Balaban J connectivity index is 1.85. The Hall–Kier alpha value is -2.46. The highest BCUT2D eigenvalue weighted by molar-refractivity contribution is 7.89. The molecule has 0 atom stereocenters. The maximum Gasteiger partial charge on any atom is 0.240 e. The van der Waals surface area contributed by atoms with Crippen molar-refractivity contribution >= 4 is 26.5 Å². The molecule has 0 radical (unpaired) electrons. The summed E-state index contributed by atoms with van der Waals surface area (Å²) in [5.74, 6) is 6.21. The molecule has 9 heteroatoms. The van der Waals surface area contributed by atoms with Crippen LogP contribution < -0.4 is 20.7 Å². The number of nitrogens with one attached hydrogen (secondary N) is 2. The van der Waals surface area contributed by atoms with E-state index in [4.69, 9.17) is 10.6 Å². The van der Waals surface area contributed by atoms with Gasteiger partial charge in [-0.1, -0.05) is 29.0 Å². The minimum Gasteiger partial charge on any atom is -0.497 e. The van der Waals surface area contributed by atoms with E-state index < -0.39 is 10.0 Å². The molecular formula is C18H20N4O3S2. The zero-order chi connectivity index (χ0) is 19.4. The summed E-state index contributed by atoms with van der Waals surface area (Å²) in [7, 11) is -2.03. The minimum atomic E-state index is -3.63. The Labute approximate surface area is 162 Å². The van der Waals surface area contributed by atoms with E-state index in [1.165, 1.54) is 11.3 Å². The predicted molar refractivity (Wildman–Crippen MR) is 107 cm³/mol. The van der Waals surface area contributed by atoms with E-state index >= 15 is 0 Å². The van der Waals surface area contributed by atoms with Crippen molar-refractivity contribution in [3.05, 3.63) is 59.0 Å². The van der Waals surface area contributed by atoms with Gasteiger partial charge in [-0.25, -0.2) is 24.0 Å². The first-order chi connectivity index (χ1) is 12.9. The first-order valence-corrected chi connectivity index (χ1v) is 10.4. The number of sulfonamides is 1. The molecule has 142 valence electrons. The summed E-state index contributed by atoms with van der Waals surface area (Å²) < 4.78 is 32.9. The topological polar surface area (TPSA) is 106 Å². The van der Waals surface area contributed by atoms with Gasteiger partial charge in [-0.2, -0.15) is 0 Å². The highest BCUT2D eigenvalue weighted by Crippen LogP contribution is 2.32. The van der Waals surface area contributed by atoms with Crippen molar-refractivity contribution in [3.8, 4) is 17.0 Å². The maximum atomic E-state index is 12.5. The molecule has 4 N–H and O–H groups in total. The monoisotopic (exact) mass is 404 g/mol. The number of hydrazine groups is 1. The summed E-state index contributed by atoms with van der Waals surface area (Å²) in [6.07, 6.45) is 0. The number of hydrogen-bond donors (Lipinski definition) is 3. The smallest absolute Gasteiger partial charge is 0.240 e. The maximum absolute atomic E-state index is 12.5. The standard InChI is InChI=1S/C18H20N4O3S2/c1-12-3-9-15(10-4-12)27(23,24)20-11-16-17(21-18(22-19)26-16)13-5-7-14(25-2)8-6-13/h3-10,20H,11,19H2,1-2H3,(H,21,22). The van der Waals surface area contributed by atoms with Crippen LogP contribution in [0.25, 0.3) is 11.3 Å². The summed E-state index contributed by atoms with van der Waals surface area (Å²) in [6, 6.07) is 14.1. The van der Waals surface area contributed by atoms with Gasteiger partial charge in [-0.15, -0.1) is 0 Å². The molecule has 0 aliphatic heterocycles. The van der Waals surface area contributed by atoms with Crippen molar-refractivity contribution in [2.75, 3.05) is 12.5 Å². The number of methoxy groups -OCH3 is 1. The molecule has 0 saturated carbocycles. The Morgan fingerprint density at radius 1 is 1.11 bits per heavy atom. The fourth-order valence-electron chi connectivity index (χ4n) is 2.47. The zero-order valence-corrected chi connectivity index (χ0v) is 16.5. The second-order valence-electron chi connectivity index (χ2n) is 5.80. The zero-order valence-electron chi connectivity index (χ0n) is 14.9. The van der Waals surface area contributed by atoms with Gasteiger partial charge in [0.1, 0.15) is 5.75 Å². The van der Waals surface area contributed by atoms with Crippen molar-refractivity contribution in [1.29, 1.82) is 0 Å². The predicted octanol–water partition coefficient (Wildman–Crippen LogP) is 2.89. The molecule has 2 aromatic carbocycles. The number of rotatable bonds is 7. The third-order valence-electron chi connectivity index (χ3n) is 3.94. The SMILES string of the molecule is COc1ccc(-c2nc(NN)sc2CNS(=O)(=O)c2ccc(C)cc2)cc1. The molecule has 0 amide bonds. The molecule has 0 bridgehead atoms. The second kappa shape index (κ2) is 8.05. The van der Waals surface area contributed by atoms with Crippen LogP contribution in [-0.2, 0) is 16.6 Å². The highest BCUT2D eigenvalue weighted by atomic mass is 32.2. The van der Waals surface area contributed by atoms with Gasteiger partial charge in [0, 0.05) is 17.0 Å². The Kier molecular flexibility index (Phi) is 5.76. The van der Waals surface area contributed by atoms with E-state index in [1.54, 1.807) is 31.4 Å². The largest absolute Gasteiger partial charge is 0.497 e. The van der Waals surface area contributed by atoms with Gasteiger partial charge in [-0.3, -0.25) is 5.43 Å². The fraction of sp³-hybridized carbons (Fsp3) is 0.167. The van der Waals surface area contributed by atoms with Gasteiger partial charge in [0.05, 0.1) is 17.7 Å². The summed E-state index contributed by atoms with van der Waals surface area (Å²) in [5.41, 5.74) is 5.03. The lowest BCUT2D eigenvalue weighted by molar-refractivity contribution is 0.415. The van der Waals surface area contributed by atoms with Crippen LogP contribution in [0.4, 0.5) is 5.13 Å². The van der Waals surface area contributed by atoms with Crippen LogP contribution in [-0.4, -0.2) is 20.5 Å². The van der Waals surface area contributed by atoms with Crippen LogP contribution in [0.15, 0.2) is 53.4 Å². The molecule has 0 aliphatic carbocycles. The number of ether oxygens (including phenoxy) is 1. The van der Waals surface area contributed by atoms with Crippen LogP contribution in [0.1, 0.15) is 10.4 Å². The van der Waals surface area contributed by atoms with Crippen LogP contribution in [0.2, 0.25) is 0 Å². The summed E-state index contributed by atoms with van der Waals surface area (Å²) in [4.78, 5) is 5.42. The summed E-state index contributed by atoms with van der Waals surface area (Å²) >= 11 is 1.30. The Morgan fingerprint density at radius 2 is 1.78 bits per heavy atom. The highest BCUT2D eigenvalue weighted by Gasteiger charge is 2.18. The summed E-state index contributed by atoms with van der Waals surface area (Å²) in [6.45, 7) is 2.01. The van der Waals surface area contributed by atoms with Gasteiger partial charge < -0.3 is 4.74 Å². The van der Waals surface area contributed by atoms with Crippen molar-refractivity contribution in [1.82, 2.24) is 9.71 Å². The number of aryl methyl sites for hydroxylation is 1. The number of benzene rings is 2. The first-order valence-electron chi connectivity index (χ1n) is 8.10. The molecule has 0 fully saturated rings. The normalized spacial score (nSPS) is 11.4. The quantitative estimate of drug-likeness (QED) is 0.413. The molecule has 3 aromatic rings. The van der Waals surface area contributed by atoms with E-state index in [1.807, 2.05) is 31.2 Å². The molecular weight excluding hydrogens is 384 g/mol. The lowest BCUT2D eigenvalue weighted by atomic mass is 10.1. The van der Waals surface area contributed by atoms with Gasteiger partial charge in [-0.05, 0) is 43.3 Å². The third kappa shape index (κ3) is 4.45. The molecule has 0 spiro atoms. The molecule has 27 heavy (non-hydrogen) atoms. The Morgan fingerprint density at radius 3 is 2.37 bits per heavy atom. The van der Waals surface area contributed by atoms with Gasteiger partial charge >= 0.3 is 0 Å². The number of thiazole rings is 1. The third-order valence-corrected chi connectivity index (χ3v) is 6.34. The number of hydrogen-bond acceptors (Lipinski definition) is 7. The number of nitrogens with two attached hydrogens (primary N) is 1. The first kappa shape index (κ1) is 19.3. The van der Waals surface area contributed by atoms with Crippen molar-refractivity contribution < 1.29 is 13.2 Å². The van der Waals surface area contributed by atoms with Gasteiger partial charge in [0.15, 0.2) is 5.13 Å². The molecule has 0 saturated heterocycles.